The van der Waals surface area contributed by atoms with E-state index in [0.717, 1.165) is 6.42 Å². The van der Waals surface area contributed by atoms with Crippen LogP contribution in [0.15, 0.2) is 95.4 Å². The van der Waals surface area contributed by atoms with Crippen molar-refractivity contribution < 1.29 is 0 Å². The predicted octanol–water partition coefficient (Wildman–Crippen LogP) is 4.76. The standard InChI is InChI=1S/C21H23P/c1-17(2)20-15-9-10-16-21(20)22(18-11-5-3-6-12-18)19-13-7-4-8-14-19/h3-14,16H,15,22H2,1-2H3. The number of benzene rings is 2. The summed E-state index contributed by atoms with van der Waals surface area (Å²) in [4.78, 5) is 0. The topological polar surface area (TPSA) is 0 Å². The van der Waals surface area contributed by atoms with Crippen LogP contribution in [0.1, 0.15) is 20.3 Å². The van der Waals surface area contributed by atoms with Crippen molar-refractivity contribution in [2.24, 2.45) is 0 Å². The molecule has 2 aromatic rings. The first-order valence-corrected chi connectivity index (χ1v) is 9.64. The van der Waals surface area contributed by atoms with Gasteiger partial charge in [0, 0.05) is 0 Å². The second-order valence-electron chi connectivity index (χ2n) is 5.99. The predicted molar refractivity (Wildman–Crippen MR) is 102 cm³/mol. The normalized spacial score (nSPS) is 14.5. The van der Waals surface area contributed by atoms with Crippen molar-refractivity contribution in [2.45, 2.75) is 20.3 Å². The zero-order valence-electron chi connectivity index (χ0n) is 13.3. The maximum atomic E-state index is 2.35. The van der Waals surface area contributed by atoms with Crippen LogP contribution in [0.5, 0.6) is 0 Å². The molecule has 0 heterocycles. The summed E-state index contributed by atoms with van der Waals surface area (Å²) in [5.41, 5.74) is 2.98. The van der Waals surface area contributed by atoms with Crippen LogP contribution in [0.4, 0.5) is 0 Å². The van der Waals surface area contributed by atoms with E-state index in [1.54, 1.807) is 5.31 Å². The second-order valence-corrected chi connectivity index (χ2v) is 8.81. The quantitative estimate of drug-likeness (QED) is 0.717. The summed E-state index contributed by atoms with van der Waals surface area (Å²) < 4.78 is 0. The van der Waals surface area contributed by atoms with E-state index in [-0.39, 0.29) is 0 Å². The minimum absolute atomic E-state index is 1.07. The average molecular weight is 306 g/mol. The summed E-state index contributed by atoms with van der Waals surface area (Å²) in [6, 6.07) is 22.1. The number of allylic oxidation sites excluding steroid dienone is 6. The van der Waals surface area contributed by atoms with Crippen LogP contribution in [-0.4, -0.2) is 0 Å². The zero-order chi connectivity index (χ0) is 15.4. The SMILES string of the molecule is CC(C)=C1CC=CC=C1[PH2](c1ccccc1)c1ccccc1. The minimum atomic E-state index is -1.39. The van der Waals surface area contributed by atoms with Gasteiger partial charge in [-0.05, 0) is 0 Å². The van der Waals surface area contributed by atoms with Crippen LogP contribution >= 0.6 is 7.92 Å². The third kappa shape index (κ3) is 3.13. The van der Waals surface area contributed by atoms with Crippen molar-refractivity contribution >= 4 is 18.5 Å². The van der Waals surface area contributed by atoms with E-state index < -0.39 is 7.92 Å². The summed E-state index contributed by atoms with van der Waals surface area (Å²) in [5, 5.41) is 4.56. The fourth-order valence-corrected chi connectivity index (χ4v) is 6.56. The average Bonchev–Trinajstić information content (AvgIpc) is 2.57. The summed E-state index contributed by atoms with van der Waals surface area (Å²) in [6.45, 7) is 4.48. The molecular formula is C21H23P. The Hall–Kier alpha value is -1.91. The maximum absolute atomic E-state index is 2.35. The van der Waals surface area contributed by atoms with Gasteiger partial charge in [-0.3, -0.25) is 0 Å². The molecule has 0 N–H and O–H groups in total. The Morgan fingerprint density at radius 3 is 1.86 bits per heavy atom. The molecule has 22 heavy (non-hydrogen) atoms. The Kier molecular flexibility index (Phi) is 4.71. The number of hydrogen-bond acceptors (Lipinski definition) is 0. The van der Waals surface area contributed by atoms with Crippen molar-refractivity contribution in [3.63, 3.8) is 0 Å². The van der Waals surface area contributed by atoms with E-state index in [1.807, 2.05) is 0 Å². The molecule has 3 rings (SSSR count). The van der Waals surface area contributed by atoms with Gasteiger partial charge in [0.25, 0.3) is 0 Å². The molecule has 0 amide bonds. The monoisotopic (exact) mass is 306 g/mol. The Bertz CT molecular complexity index is 678. The molecule has 0 fully saturated rings. The molecule has 0 saturated carbocycles. The third-order valence-corrected chi connectivity index (χ3v) is 7.53. The molecule has 1 aliphatic carbocycles. The van der Waals surface area contributed by atoms with Gasteiger partial charge in [0.05, 0.1) is 0 Å². The van der Waals surface area contributed by atoms with Crippen molar-refractivity contribution in [1.82, 2.24) is 0 Å². The van der Waals surface area contributed by atoms with Crippen LogP contribution < -0.4 is 10.6 Å². The molecule has 0 spiro atoms. The summed E-state index contributed by atoms with van der Waals surface area (Å²) >= 11 is 0. The van der Waals surface area contributed by atoms with E-state index in [4.69, 9.17) is 0 Å². The van der Waals surface area contributed by atoms with Gasteiger partial charge in [-0.25, -0.2) is 0 Å². The van der Waals surface area contributed by atoms with Gasteiger partial charge in [0.2, 0.25) is 0 Å². The fraction of sp³-hybridized carbons (Fsp3) is 0.143. The summed E-state index contributed by atoms with van der Waals surface area (Å²) in [5.74, 6) is 0. The molecule has 0 aromatic heterocycles. The first-order valence-electron chi connectivity index (χ1n) is 7.90. The van der Waals surface area contributed by atoms with Crippen LogP contribution in [0.25, 0.3) is 0 Å². The molecule has 1 heteroatoms. The zero-order valence-corrected chi connectivity index (χ0v) is 14.4. The molecule has 112 valence electrons. The molecular weight excluding hydrogens is 283 g/mol. The molecule has 0 atom stereocenters. The molecule has 0 aliphatic heterocycles. The van der Waals surface area contributed by atoms with Crippen molar-refractivity contribution in [1.29, 1.82) is 0 Å². The molecule has 0 radical (unpaired) electrons. The van der Waals surface area contributed by atoms with Crippen LogP contribution in [0.2, 0.25) is 0 Å². The molecule has 1 aliphatic rings. The van der Waals surface area contributed by atoms with Gasteiger partial charge in [0.1, 0.15) is 0 Å². The van der Waals surface area contributed by atoms with Gasteiger partial charge in [0.15, 0.2) is 0 Å². The first-order chi connectivity index (χ1) is 10.8. The fourth-order valence-electron chi connectivity index (χ4n) is 3.18. The molecule has 0 nitrogen and oxygen atoms in total. The van der Waals surface area contributed by atoms with Crippen molar-refractivity contribution in [3.8, 4) is 0 Å². The van der Waals surface area contributed by atoms with E-state index in [2.05, 4.69) is 92.7 Å². The molecule has 0 saturated heterocycles. The van der Waals surface area contributed by atoms with Crippen molar-refractivity contribution in [3.05, 3.63) is 95.4 Å². The van der Waals surface area contributed by atoms with Crippen LogP contribution in [0.3, 0.4) is 0 Å². The van der Waals surface area contributed by atoms with Gasteiger partial charge < -0.3 is 0 Å². The molecule has 2 aromatic carbocycles. The second kappa shape index (κ2) is 6.90. The van der Waals surface area contributed by atoms with Gasteiger partial charge >= 0.3 is 134 Å². The van der Waals surface area contributed by atoms with Gasteiger partial charge in [-0.15, -0.1) is 0 Å². The van der Waals surface area contributed by atoms with Gasteiger partial charge in [-0.2, -0.15) is 0 Å². The summed E-state index contributed by atoms with van der Waals surface area (Å²) in [6.07, 6.45) is 7.92. The molecule has 0 bridgehead atoms. The van der Waals surface area contributed by atoms with E-state index in [9.17, 15) is 0 Å². The van der Waals surface area contributed by atoms with Crippen molar-refractivity contribution in [2.75, 3.05) is 0 Å². The first kappa shape index (κ1) is 15.0. The van der Waals surface area contributed by atoms with Crippen LogP contribution in [0, 0.1) is 0 Å². The number of hydrogen-bond donors (Lipinski definition) is 0. The molecule has 0 unspecified atom stereocenters. The van der Waals surface area contributed by atoms with Gasteiger partial charge in [-0.1, -0.05) is 0 Å². The number of rotatable bonds is 3. The van der Waals surface area contributed by atoms with Crippen LogP contribution in [-0.2, 0) is 0 Å². The Labute approximate surface area is 134 Å². The summed E-state index contributed by atoms with van der Waals surface area (Å²) in [7, 11) is -1.39. The Balaban J connectivity index is 2.16. The third-order valence-electron chi connectivity index (χ3n) is 4.26. The van der Waals surface area contributed by atoms with E-state index in [0.29, 0.717) is 0 Å². The van der Waals surface area contributed by atoms with E-state index in [1.165, 1.54) is 21.8 Å². The van der Waals surface area contributed by atoms with E-state index >= 15 is 0 Å². The Morgan fingerprint density at radius 2 is 1.36 bits per heavy atom. The Morgan fingerprint density at radius 1 is 0.818 bits per heavy atom.